The van der Waals surface area contributed by atoms with Gasteiger partial charge < -0.3 is 0 Å². The number of hydrogen-bond donors (Lipinski definition) is 0. The van der Waals surface area contributed by atoms with E-state index < -0.39 is 0 Å². The molecule has 2 aromatic heterocycles. The summed E-state index contributed by atoms with van der Waals surface area (Å²) in [7, 11) is 0. The smallest absolute Gasteiger partial charge is 0.0968 e. The Balaban J connectivity index is 1.47. The summed E-state index contributed by atoms with van der Waals surface area (Å²) in [6, 6.07) is 2.33. The molecule has 1 fully saturated rings. The summed E-state index contributed by atoms with van der Waals surface area (Å²) >= 11 is 1.84. The second-order valence-electron chi connectivity index (χ2n) is 7.75. The van der Waals surface area contributed by atoms with Crippen LogP contribution in [-0.2, 0) is 19.4 Å². The van der Waals surface area contributed by atoms with Crippen molar-refractivity contribution >= 4 is 17.4 Å². The van der Waals surface area contributed by atoms with Crippen LogP contribution in [0.1, 0.15) is 58.1 Å². The molecule has 0 aromatic carbocycles. The van der Waals surface area contributed by atoms with Crippen molar-refractivity contribution in [2.45, 2.75) is 52.0 Å². The van der Waals surface area contributed by atoms with Crippen LogP contribution in [0.3, 0.4) is 0 Å². The molecule has 3 nitrogen and oxygen atoms in total. The fraction of sp³-hybridized carbons (Fsp3) is 0.455. The van der Waals surface area contributed by atoms with Gasteiger partial charge in [0.05, 0.1) is 10.7 Å². The van der Waals surface area contributed by atoms with Crippen molar-refractivity contribution < 1.29 is 0 Å². The van der Waals surface area contributed by atoms with E-state index in [0.29, 0.717) is 5.92 Å². The van der Waals surface area contributed by atoms with Crippen LogP contribution in [0, 0.1) is 6.92 Å². The molecule has 4 rings (SSSR count). The van der Waals surface area contributed by atoms with Gasteiger partial charge >= 0.3 is 0 Å². The van der Waals surface area contributed by atoms with E-state index in [4.69, 9.17) is 4.98 Å². The highest BCUT2D eigenvalue weighted by atomic mass is 32.1. The first kappa shape index (κ1) is 17.6. The number of nitrogens with zero attached hydrogens (tertiary/aromatic N) is 3. The van der Waals surface area contributed by atoms with Gasteiger partial charge in [-0.1, -0.05) is 18.2 Å². The third kappa shape index (κ3) is 3.81. The van der Waals surface area contributed by atoms with E-state index in [1.807, 2.05) is 11.3 Å². The molecule has 4 heteroatoms. The summed E-state index contributed by atoms with van der Waals surface area (Å²) < 4.78 is 0. The molecule has 1 saturated heterocycles. The minimum Gasteiger partial charge on any atom is -0.298 e. The zero-order chi connectivity index (χ0) is 18.1. The fourth-order valence-electron chi connectivity index (χ4n) is 4.20. The van der Waals surface area contributed by atoms with Crippen LogP contribution in [-0.4, -0.2) is 28.0 Å². The van der Waals surface area contributed by atoms with Gasteiger partial charge in [0, 0.05) is 36.3 Å². The van der Waals surface area contributed by atoms with E-state index in [9.17, 15) is 0 Å². The molecule has 1 aliphatic carbocycles. The Kier molecular flexibility index (Phi) is 5.05. The lowest BCUT2D eigenvalue weighted by atomic mass is 9.87. The van der Waals surface area contributed by atoms with Crippen LogP contribution in [0.25, 0.3) is 6.08 Å². The molecule has 1 aliphatic heterocycles. The highest BCUT2D eigenvalue weighted by molar-refractivity contribution is 7.11. The molecule has 0 saturated carbocycles. The molecule has 0 bridgehead atoms. The molecular weight excluding hydrogens is 338 g/mol. The molecule has 0 spiro atoms. The minimum atomic E-state index is 0.627. The summed E-state index contributed by atoms with van der Waals surface area (Å²) in [6.07, 6.45) is 11.0. The zero-order valence-corrected chi connectivity index (χ0v) is 16.6. The quantitative estimate of drug-likeness (QED) is 0.705. The maximum absolute atomic E-state index is 4.71. The fourth-order valence-corrected chi connectivity index (χ4v) is 5.28. The molecule has 1 atom stereocenters. The first-order valence-corrected chi connectivity index (χ1v) is 10.4. The summed E-state index contributed by atoms with van der Waals surface area (Å²) in [4.78, 5) is 13.3. The van der Waals surface area contributed by atoms with E-state index in [2.05, 4.69) is 54.7 Å². The Labute approximate surface area is 160 Å². The number of rotatable bonds is 5. The Morgan fingerprint density at radius 1 is 1.42 bits per heavy atom. The van der Waals surface area contributed by atoms with Crippen LogP contribution in [0.2, 0.25) is 0 Å². The predicted octanol–water partition coefficient (Wildman–Crippen LogP) is 4.91. The number of likely N-dealkylation sites (tertiary alicyclic amines) is 1. The standard InChI is InChI=1S/C22H27N3S/c1-15(2)10-22-23-12-18(26-22)14-25-9-5-6-17(13-25)20-11-16(3)24-21-8-4-7-19(20)21/h4,8,11-12,17H,1,5-7,9-10,13-14H2,2-3H3. The topological polar surface area (TPSA) is 29.0 Å². The van der Waals surface area contributed by atoms with Crippen molar-refractivity contribution in [1.82, 2.24) is 14.9 Å². The van der Waals surface area contributed by atoms with Crippen molar-refractivity contribution in [1.29, 1.82) is 0 Å². The molecule has 0 N–H and O–H groups in total. The number of aryl methyl sites for hydroxylation is 1. The SMILES string of the molecule is C=C(C)Cc1ncc(CN2CCCC(c3cc(C)nc4c3CC=C4)C2)s1. The molecule has 26 heavy (non-hydrogen) atoms. The number of pyridine rings is 1. The van der Waals surface area contributed by atoms with E-state index in [-0.39, 0.29) is 0 Å². The second-order valence-corrected chi connectivity index (χ2v) is 8.95. The second kappa shape index (κ2) is 7.45. The Hall–Kier alpha value is -1.78. The summed E-state index contributed by atoms with van der Waals surface area (Å²) in [5.41, 5.74) is 6.52. The van der Waals surface area contributed by atoms with E-state index in [0.717, 1.165) is 31.6 Å². The van der Waals surface area contributed by atoms with Crippen LogP contribution in [0.15, 0.2) is 30.5 Å². The van der Waals surface area contributed by atoms with Gasteiger partial charge in [0.15, 0.2) is 0 Å². The zero-order valence-electron chi connectivity index (χ0n) is 15.8. The van der Waals surface area contributed by atoms with E-state index in [1.54, 1.807) is 0 Å². The Morgan fingerprint density at radius 2 is 2.31 bits per heavy atom. The van der Waals surface area contributed by atoms with Crippen molar-refractivity contribution in [3.8, 4) is 0 Å². The lowest BCUT2D eigenvalue weighted by Gasteiger charge is -2.33. The van der Waals surface area contributed by atoms with Gasteiger partial charge in [-0.05, 0) is 68.8 Å². The molecular formula is C22H27N3S. The van der Waals surface area contributed by atoms with Gasteiger partial charge in [-0.3, -0.25) is 9.88 Å². The van der Waals surface area contributed by atoms with Crippen LogP contribution < -0.4 is 0 Å². The van der Waals surface area contributed by atoms with Crippen molar-refractivity contribution in [3.63, 3.8) is 0 Å². The minimum absolute atomic E-state index is 0.627. The first-order chi connectivity index (χ1) is 12.6. The van der Waals surface area contributed by atoms with Gasteiger partial charge in [-0.15, -0.1) is 11.3 Å². The number of thiazole rings is 1. The number of fused-ring (bicyclic) bond motifs is 1. The third-order valence-electron chi connectivity index (χ3n) is 5.30. The van der Waals surface area contributed by atoms with Gasteiger partial charge in [0.25, 0.3) is 0 Å². The molecule has 0 radical (unpaired) electrons. The number of allylic oxidation sites excluding steroid dienone is 2. The molecule has 1 unspecified atom stereocenters. The predicted molar refractivity (Wildman–Crippen MR) is 110 cm³/mol. The van der Waals surface area contributed by atoms with Crippen molar-refractivity contribution in [2.24, 2.45) is 0 Å². The van der Waals surface area contributed by atoms with E-state index >= 15 is 0 Å². The first-order valence-electron chi connectivity index (χ1n) is 9.56. The average molecular weight is 366 g/mol. The van der Waals surface area contributed by atoms with Crippen LogP contribution in [0.4, 0.5) is 0 Å². The highest BCUT2D eigenvalue weighted by Gasteiger charge is 2.26. The lowest BCUT2D eigenvalue weighted by Crippen LogP contribution is -2.34. The maximum Gasteiger partial charge on any atom is 0.0968 e. The Bertz CT molecular complexity index is 849. The molecule has 136 valence electrons. The van der Waals surface area contributed by atoms with Crippen molar-refractivity contribution in [3.05, 3.63) is 62.9 Å². The summed E-state index contributed by atoms with van der Waals surface area (Å²) in [6.45, 7) is 11.5. The Morgan fingerprint density at radius 3 is 3.15 bits per heavy atom. The highest BCUT2D eigenvalue weighted by Crippen LogP contribution is 2.34. The van der Waals surface area contributed by atoms with Gasteiger partial charge in [-0.25, -0.2) is 4.98 Å². The molecule has 2 aromatic rings. The summed E-state index contributed by atoms with van der Waals surface area (Å²) in [5, 5.41) is 1.19. The number of hydrogen-bond acceptors (Lipinski definition) is 4. The molecule has 0 amide bonds. The summed E-state index contributed by atoms with van der Waals surface area (Å²) in [5.74, 6) is 0.627. The van der Waals surface area contributed by atoms with Crippen LogP contribution >= 0.6 is 11.3 Å². The largest absolute Gasteiger partial charge is 0.298 e. The van der Waals surface area contributed by atoms with Crippen molar-refractivity contribution in [2.75, 3.05) is 13.1 Å². The van der Waals surface area contributed by atoms with Gasteiger partial charge in [0.2, 0.25) is 0 Å². The molecule has 2 aliphatic rings. The number of piperidine rings is 1. The normalized spacial score (nSPS) is 19.7. The van der Waals surface area contributed by atoms with Gasteiger partial charge in [0.1, 0.15) is 0 Å². The average Bonchev–Trinajstić information content (AvgIpc) is 3.23. The third-order valence-corrected chi connectivity index (χ3v) is 6.28. The van der Waals surface area contributed by atoms with E-state index in [1.165, 1.54) is 51.7 Å². The number of aromatic nitrogens is 2. The monoisotopic (exact) mass is 365 g/mol. The maximum atomic E-state index is 4.71. The van der Waals surface area contributed by atoms with Crippen LogP contribution in [0.5, 0.6) is 0 Å². The van der Waals surface area contributed by atoms with Gasteiger partial charge in [-0.2, -0.15) is 0 Å². The lowest BCUT2D eigenvalue weighted by molar-refractivity contribution is 0.201. The molecule has 3 heterocycles.